The number of piperidine rings is 2. The summed E-state index contributed by atoms with van der Waals surface area (Å²) in [4.78, 5) is 41.0. The number of hydrogen-bond donors (Lipinski definition) is 2. The number of carbonyl (C=O) groups is 3. The van der Waals surface area contributed by atoms with E-state index in [0.29, 0.717) is 31.3 Å². The quantitative estimate of drug-likeness (QED) is 0.745. The van der Waals surface area contributed by atoms with Crippen LogP contribution in [-0.2, 0) is 22.7 Å². The predicted octanol–water partition coefficient (Wildman–Crippen LogP) is 1.25. The molecule has 3 N–H and O–H groups in total. The molecule has 1 aromatic carbocycles. The lowest BCUT2D eigenvalue weighted by Crippen LogP contribution is -2.52. The summed E-state index contributed by atoms with van der Waals surface area (Å²) in [5.41, 5.74) is 9.03. The molecule has 4 rings (SSSR count). The number of nitrogens with zero attached hydrogens (tertiary/aromatic N) is 2. The average molecular weight is 399 g/mol. The summed E-state index contributed by atoms with van der Waals surface area (Å²) in [7, 11) is 0. The predicted molar refractivity (Wildman–Crippen MR) is 109 cm³/mol. The molecule has 3 aliphatic rings. The highest BCUT2D eigenvalue weighted by Crippen LogP contribution is 2.31. The van der Waals surface area contributed by atoms with Crippen LogP contribution in [0.4, 0.5) is 0 Å². The maximum atomic E-state index is 13.2. The van der Waals surface area contributed by atoms with Crippen LogP contribution in [0.25, 0.3) is 0 Å². The van der Waals surface area contributed by atoms with Crippen molar-refractivity contribution in [3.8, 4) is 0 Å². The molecule has 2 fully saturated rings. The van der Waals surface area contributed by atoms with Crippen LogP contribution in [-0.4, -0.2) is 52.7 Å². The van der Waals surface area contributed by atoms with Crippen molar-refractivity contribution >= 4 is 17.7 Å². The largest absolute Gasteiger partial charge is 0.327 e. The SMILES string of the molecule is CC(C)C1CN(Cc2cccc3c2C(=O)N(C2CCC(=O)NC2=O)C3)CCC1N. The smallest absolute Gasteiger partial charge is 0.255 e. The van der Waals surface area contributed by atoms with Gasteiger partial charge in [-0.05, 0) is 42.3 Å². The van der Waals surface area contributed by atoms with E-state index in [1.165, 1.54) is 0 Å². The second-order valence-corrected chi connectivity index (χ2v) is 8.95. The normalized spacial score (nSPS) is 28.1. The Balaban J connectivity index is 1.52. The van der Waals surface area contributed by atoms with E-state index in [2.05, 4.69) is 24.1 Å². The summed E-state index contributed by atoms with van der Waals surface area (Å²) in [6, 6.07) is 5.64. The molecule has 3 aliphatic heterocycles. The molecule has 7 nitrogen and oxygen atoms in total. The lowest BCUT2D eigenvalue weighted by Gasteiger charge is -2.39. The van der Waals surface area contributed by atoms with E-state index < -0.39 is 6.04 Å². The molecule has 3 amide bonds. The van der Waals surface area contributed by atoms with Crippen molar-refractivity contribution < 1.29 is 14.4 Å². The zero-order valence-corrected chi connectivity index (χ0v) is 17.2. The van der Waals surface area contributed by atoms with Crippen LogP contribution in [0.3, 0.4) is 0 Å². The summed E-state index contributed by atoms with van der Waals surface area (Å²) in [6.07, 6.45) is 1.63. The minimum atomic E-state index is -0.571. The van der Waals surface area contributed by atoms with E-state index in [-0.39, 0.29) is 30.2 Å². The average Bonchev–Trinajstić information content (AvgIpc) is 3.00. The number of nitrogens with one attached hydrogen (secondary N) is 1. The van der Waals surface area contributed by atoms with Crippen LogP contribution >= 0.6 is 0 Å². The number of rotatable bonds is 4. The fourth-order valence-corrected chi connectivity index (χ4v) is 4.98. The molecule has 0 radical (unpaired) electrons. The zero-order chi connectivity index (χ0) is 20.7. The highest BCUT2D eigenvalue weighted by atomic mass is 16.2. The molecule has 0 spiro atoms. The van der Waals surface area contributed by atoms with Gasteiger partial charge in [0.1, 0.15) is 6.04 Å². The number of hydrogen-bond acceptors (Lipinski definition) is 5. The van der Waals surface area contributed by atoms with E-state index in [4.69, 9.17) is 5.73 Å². The van der Waals surface area contributed by atoms with Crippen LogP contribution in [0, 0.1) is 11.8 Å². The van der Waals surface area contributed by atoms with Crippen LogP contribution in [0.1, 0.15) is 54.6 Å². The third kappa shape index (κ3) is 3.81. The van der Waals surface area contributed by atoms with Gasteiger partial charge in [0, 0.05) is 37.7 Å². The van der Waals surface area contributed by atoms with Gasteiger partial charge in [-0.2, -0.15) is 0 Å². The lowest BCUT2D eigenvalue weighted by atomic mass is 9.84. The first-order valence-electron chi connectivity index (χ1n) is 10.6. The number of fused-ring (bicyclic) bond motifs is 1. The van der Waals surface area contributed by atoms with Crippen LogP contribution in [0.2, 0.25) is 0 Å². The monoisotopic (exact) mass is 398 g/mol. The molecule has 3 atom stereocenters. The Hall–Kier alpha value is -2.25. The summed E-state index contributed by atoms with van der Waals surface area (Å²) in [5.74, 6) is 0.252. The molecule has 3 heterocycles. The summed E-state index contributed by atoms with van der Waals surface area (Å²) in [5, 5.41) is 2.36. The van der Waals surface area contributed by atoms with Gasteiger partial charge in [-0.15, -0.1) is 0 Å². The van der Waals surface area contributed by atoms with Gasteiger partial charge in [0.05, 0.1) is 0 Å². The molecule has 2 saturated heterocycles. The van der Waals surface area contributed by atoms with Crippen molar-refractivity contribution in [1.29, 1.82) is 0 Å². The van der Waals surface area contributed by atoms with E-state index in [1.807, 2.05) is 18.2 Å². The Labute approximate surface area is 171 Å². The Kier molecular flexibility index (Phi) is 5.44. The van der Waals surface area contributed by atoms with Crippen molar-refractivity contribution in [2.24, 2.45) is 17.6 Å². The van der Waals surface area contributed by atoms with Crippen LogP contribution in [0.5, 0.6) is 0 Å². The molecule has 0 aliphatic carbocycles. The maximum absolute atomic E-state index is 13.2. The summed E-state index contributed by atoms with van der Waals surface area (Å²) >= 11 is 0. The number of benzene rings is 1. The Bertz CT molecular complexity index is 837. The minimum absolute atomic E-state index is 0.0979. The number of amides is 3. The van der Waals surface area contributed by atoms with Crippen molar-refractivity contribution in [3.05, 3.63) is 34.9 Å². The van der Waals surface area contributed by atoms with Crippen molar-refractivity contribution in [2.75, 3.05) is 13.1 Å². The number of nitrogens with two attached hydrogens (primary N) is 1. The second kappa shape index (κ2) is 7.88. The van der Waals surface area contributed by atoms with Gasteiger partial charge in [0.25, 0.3) is 5.91 Å². The molecule has 0 bridgehead atoms. The molecular formula is C22H30N4O3. The molecule has 0 saturated carbocycles. The van der Waals surface area contributed by atoms with Gasteiger partial charge >= 0.3 is 0 Å². The van der Waals surface area contributed by atoms with E-state index in [9.17, 15) is 14.4 Å². The van der Waals surface area contributed by atoms with Gasteiger partial charge in [-0.25, -0.2) is 0 Å². The van der Waals surface area contributed by atoms with E-state index >= 15 is 0 Å². The molecule has 0 aromatic heterocycles. The zero-order valence-electron chi connectivity index (χ0n) is 17.2. The Morgan fingerprint density at radius 3 is 2.72 bits per heavy atom. The molecule has 29 heavy (non-hydrogen) atoms. The highest BCUT2D eigenvalue weighted by molar-refractivity contribution is 6.05. The fourth-order valence-electron chi connectivity index (χ4n) is 4.98. The van der Waals surface area contributed by atoms with Gasteiger partial charge in [-0.1, -0.05) is 32.0 Å². The summed E-state index contributed by atoms with van der Waals surface area (Å²) < 4.78 is 0. The van der Waals surface area contributed by atoms with Crippen molar-refractivity contribution in [1.82, 2.24) is 15.1 Å². The summed E-state index contributed by atoms with van der Waals surface area (Å²) in [6.45, 7) is 7.44. The molecule has 7 heteroatoms. The second-order valence-electron chi connectivity index (χ2n) is 8.95. The number of likely N-dealkylation sites (tertiary alicyclic amines) is 1. The van der Waals surface area contributed by atoms with Gasteiger partial charge in [0.15, 0.2) is 0 Å². The van der Waals surface area contributed by atoms with Gasteiger partial charge in [-0.3, -0.25) is 24.6 Å². The Morgan fingerprint density at radius 1 is 1.21 bits per heavy atom. The molecule has 156 valence electrons. The third-order valence-electron chi connectivity index (χ3n) is 6.69. The maximum Gasteiger partial charge on any atom is 0.255 e. The first kappa shape index (κ1) is 20.0. The fraction of sp³-hybridized carbons (Fsp3) is 0.591. The Morgan fingerprint density at radius 2 is 2.00 bits per heavy atom. The number of carbonyl (C=O) groups excluding carboxylic acids is 3. The van der Waals surface area contributed by atoms with Gasteiger partial charge in [0.2, 0.25) is 11.8 Å². The highest BCUT2D eigenvalue weighted by Gasteiger charge is 2.40. The van der Waals surface area contributed by atoms with Crippen LogP contribution in [0.15, 0.2) is 18.2 Å². The first-order valence-corrected chi connectivity index (χ1v) is 10.6. The topological polar surface area (TPSA) is 95.7 Å². The standard InChI is InChI=1S/C22H30N4O3/c1-13(2)16-12-25(9-8-17(16)23)10-14-4-3-5-15-11-26(22(29)20(14)15)18-6-7-19(27)24-21(18)28/h3-5,13,16-18H,6-12,23H2,1-2H3,(H,24,27,28). The first-order chi connectivity index (χ1) is 13.8. The lowest BCUT2D eigenvalue weighted by molar-refractivity contribution is -0.136. The molecule has 1 aromatic rings. The van der Waals surface area contributed by atoms with E-state index in [0.717, 1.165) is 36.2 Å². The number of imide groups is 1. The van der Waals surface area contributed by atoms with Crippen LogP contribution < -0.4 is 11.1 Å². The minimum Gasteiger partial charge on any atom is -0.327 e. The van der Waals surface area contributed by atoms with Gasteiger partial charge < -0.3 is 10.6 Å². The van der Waals surface area contributed by atoms with Crippen molar-refractivity contribution in [2.45, 2.75) is 58.3 Å². The van der Waals surface area contributed by atoms with Crippen molar-refractivity contribution in [3.63, 3.8) is 0 Å². The van der Waals surface area contributed by atoms with E-state index in [1.54, 1.807) is 4.90 Å². The third-order valence-corrected chi connectivity index (χ3v) is 6.69. The molecular weight excluding hydrogens is 368 g/mol. The molecule has 3 unspecified atom stereocenters.